The van der Waals surface area contributed by atoms with Crippen LogP contribution in [0.5, 0.6) is 5.75 Å². The van der Waals surface area contributed by atoms with E-state index in [-0.39, 0.29) is 5.90 Å². The second-order valence-corrected chi connectivity index (χ2v) is 6.61. The molecule has 0 bridgehead atoms. The fraction of sp³-hybridized carbons (Fsp3) is 0.143. The smallest absolute Gasteiger partial charge is 0.279 e. The van der Waals surface area contributed by atoms with Crippen molar-refractivity contribution < 1.29 is 9.47 Å². The number of nitrogens with zero attached hydrogens (tertiary/aromatic N) is 1. The lowest BCUT2D eigenvalue weighted by Gasteiger charge is -2.27. The second-order valence-electron chi connectivity index (χ2n) is 6.17. The van der Waals surface area contributed by atoms with Crippen LogP contribution in [-0.4, -0.2) is 18.6 Å². The van der Waals surface area contributed by atoms with Crippen molar-refractivity contribution in [3.63, 3.8) is 0 Å². The summed E-state index contributed by atoms with van der Waals surface area (Å²) in [6.45, 7) is 0. The Hall–Kier alpha value is -3.03. The molecule has 4 rings (SSSR count). The average molecular weight is 363 g/mol. The summed E-state index contributed by atoms with van der Waals surface area (Å²) in [5, 5.41) is 20.8. The summed E-state index contributed by atoms with van der Waals surface area (Å²) >= 11 is 6.03. The molecule has 1 N–H and O–H groups in total. The Kier molecular flexibility index (Phi) is 3.82. The molecule has 2 unspecified atom stereocenters. The normalized spacial score (nSPS) is 20.9. The van der Waals surface area contributed by atoms with Crippen LogP contribution in [0, 0.1) is 16.7 Å². The van der Waals surface area contributed by atoms with E-state index in [0.29, 0.717) is 10.8 Å². The molecule has 1 heterocycles. The van der Waals surface area contributed by atoms with Crippen LogP contribution in [0.15, 0.2) is 60.7 Å². The van der Waals surface area contributed by atoms with Crippen LogP contribution in [0.25, 0.3) is 10.8 Å². The van der Waals surface area contributed by atoms with Gasteiger partial charge in [-0.3, -0.25) is 5.41 Å². The third-order valence-corrected chi connectivity index (χ3v) is 5.05. The van der Waals surface area contributed by atoms with Crippen molar-refractivity contribution in [2.24, 2.45) is 0 Å². The van der Waals surface area contributed by atoms with Crippen molar-refractivity contribution in [1.29, 1.82) is 10.7 Å². The first-order valence-corrected chi connectivity index (χ1v) is 8.49. The Morgan fingerprint density at radius 3 is 2.58 bits per heavy atom. The van der Waals surface area contributed by atoms with Gasteiger partial charge in [0.05, 0.1) is 13.0 Å². The molecule has 4 nitrogen and oxygen atoms in total. The zero-order valence-electron chi connectivity index (χ0n) is 14.0. The Bertz CT molecular complexity index is 1060. The van der Waals surface area contributed by atoms with Crippen molar-refractivity contribution in [3.05, 3.63) is 76.8 Å². The van der Waals surface area contributed by atoms with Crippen LogP contribution in [0.3, 0.4) is 0 Å². The number of hydrogen-bond donors (Lipinski definition) is 1. The molecular weight excluding hydrogens is 348 g/mol. The Balaban J connectivity index is 2.02. The lowest BCUT2D eigenvalue weighted by atomic mass is 9.79. The number of ether oxygens (including phenoxy) is 2. The average Bonchev–Trinajstić information content (AvgIpc) is 3.04. The molecule has 26 heavy (non-hydrogen) atoms. The van der Waals surface area contributed by atoms with E-state index in [1.165, 1.54) is 7.11 Å². The molecule has 2 atom stereocenters. The van der Waals surface area contributed by atoms with Crippen molar-refractivity contribution in [1.82, 2.24) is 0 Å². The van der Waals surface area contributed by atoms with Gasteiger partial charge in [-0.2, -0.15) is 5.26 Å². The van der Waals surface area contributed by atoms with Gasteiger partial charge in [0, 0.05) is 16.0 Å². The number of rotatable bonds is 2. The van der Waals surface area contributed by atoms with Crippen molar-refractivity contribution >= 4 is 28.3 Å². The summed E-state index contributed by atoms with van der Waals surface area (Å²) in [6, 6.07) is 21.2. The molecule has 0 fully saturated rings. The van der Waals surface area contributed by atoms with Gasteiger partial charge in [0.15, 0.2) is 0 Å². The Morgan fingerprint density at radius 1 is 1.15 bits per heavy atom. The van der Waals surface area contributed by atoms with Gasteiger partial charge in [-0.25, -0.2) is 0 Å². The summed E-state index contributed by atoms with van der Waals surface area (Å²) in [5.74, 6) is -0.0940. The van der Waals surface area contributed by atoms with Gasteiger partial charge in [0.25, 0.3) is 5.60 Å². The highest BCUT2D eigenvalue weighted by atomic mass is 35.5. The summed E-state index contributed by atoms with van der Waals surface area (Å²) in [4.78, 5) is 0. The minimum absolute atomic E-state index is 0.222. The van der Waals surface area contributed by atoms with E-state index in [1.807, 2.05) is 48.5 Å². The number of methoxy groups -OCH3 is 1. The van der Waals surface area contributed by atoms with Gasteiger partial charge in [0.2, 0.25) is 5.90 Å². The maximum Gasteiger partial charge on any atom is 0.279 e. The van der Waals surface area contributed by atoms with Crippen LogP contribution in [0.1, 0.15) is 17.0 Å². The molecule has 0 amide bonds. The van der Waals surface area contributed by atoms with Gasteiger partial charge in [-0.15, -0.1) is 0 Å². The van der Waals surface area contributed by atoms with Gasteiger partial charge in [-0.1, -0.05) is 60.1 Å². The van der Waals surface area contributed by atoms with E-state index in [0.717, 1.165) is 21.9 Å². The Labute approximate surface area is 156 Å². The van der Waals surface area contributed by atoms with Gasteiger partial charge < -0.3 is 9.47 Å². The largest absolute Gasteiger partial charge is 0.481 e. The van der Waals surface area contributed by atoms with Gasteiger partial charge in [0.1, 0.15) is 11.8 Å². The minimum atomic E-state index is -1.56. The lowest BCUT2D eigenvalue weighted by molar-refractivity contribution is 0.176. The molecule has 0 radical (unpaired) electrons. The minimum Gasteiger partial charge on any atom is -0.481 e. The molecule has 128 valence electrons. The fourth-order valence-electron chi connectivity index (χ4n) is 3.58. The predicted octanol–water partition coefficient (Wildman–Crippen LogP) is 4.90. The van der Waals surface area contributed by atoms with E-state index in [9.17, 15) is 5.26 Å². The third kappa shape index (κ3) is 2.25. The van der Waals surface area contributed by atoms with E-state index in [1.54, 1.807) is 12.1 Å². The monoisotopic (exact) mass is 362 g/mol. The summed E-state index contributed by atoms with van der Waals surface area (Å²) < 4.78 is 11.3. The van der Waals surface area contributed by atoms with Crippen LogP contribution in [0.4, 0.5) is 0 Å². The standard InChI is InChI=1S/C21H15ClN2O2/c1-25-20(24)21(12-23)18(14-6-9-15(22)10-7-14)17-11-8-13-4-2-3-5-16(13)19(17)26-21/h2-11,18,24H,1H3. The molecule has 3 aromatic carbocycles. The van der Waals surface area contributed by atoms with Crippen LogP contribution < -0.4 is 4.74 Å². The highest BCUT2D eigenvalue weighted by Gasteiger charge is 2.55. The molecule has 1 aliphatic rings. The molecular formula is C21H15ClN2O2. The topological polar surface area (TPSA) is 66.1 Å². The number of halogens is 1. The number of benzene rings is 3. The first-order valence-electron chi connectivity index (χ1n) is 8.11. The second kappa shape index (κ2) is 6.05. The number of nitrogens with one attached hydrogen (secondary N) is 1. The summed E-state index contributed by atoms with van der Waals surface area (Å²) in [6.07, 6.45) is 0. The van der Waals surface area contributed by atoms with Crippen molar-refractivity contribution in [2.75, 3.05) is 7.11 Å². The lowest BCUT2D eigenvalue weighted by Crippen LogP contribution is -2.46. The van der Waals surface area contributed by atoms with Crippen LogP contribution in [-0.2, 0) is 4.74 Å². The third-order valence-electron chi connectivity index (χ3n) is 4.80. The molecule has 0 aliphatic carbocycles. The number of fused-ring (bicyclic) bond motifs is 3. The highest BCUT2D eigenvalue weighted by molar-refractivity contribution is 6.30. The number of nitriles is 1. The van der Waals surface area contributed by atoms with E-state index >= 15 is 0 Å². The maximum absolute atomic E-state index is 10.0. The zero-order chi connectivity index (χ0) is 18.3. The highest BCUT2D eigenvalue weighted by Crippen LogP contribution is 2.51. The zero-order valence-corrected chi connectivity index (χ0v) is 14.7. The van der Waals surface area contributed by atoms with E-state index in [4.69, 9.17) is 26.5 Å². The van der Waals surface area contributed by atoms with Gasteiger partial charge >= 0.3 is 0 Å². The summed E-state index contributed by atoms with van der Waals surface area (Å²) in [7, 11) is 1.38. The van der Waals surface area contributed by atoms with Crippen molar-refractivity contribution in [2.45, 2.75) is 11.5 Å². The first-order chi connectivity index (χ1) is 12.6. The maximum atomic E-state index is 10.0. The molecule has 5 heteroatoms. The number of hydrogen-bond acceptors (Lipinski definition) is 4. The molecule has 0 saturated heterocycles. The van der Waals surface area contributed by atoms with Crippen molar-refractivity contribution in [3.8, 4) is 11.8 Å². The van der Waals surface area contributed by atoms with E-state index in [2.05, 4.69) is 6.07 Å². The van der Waals surface area contributed by atoms with Crippen LogP contribution in [0.2, 0.25) is 5.02 Å². The molecule has 0 spiro atoms. The molecule has 0 aromatic heterocycles. The molecule has 1 aliphatic heterocycles. The molecule has 0 saturated carbocycles. The fourth-order valence-corrected chi connectivity index (χ4v) is 3.70. The summed E-state index contributed by atoms with van der Waals surface area (Å²) in [5.41, 5.74) is 0.135. The van der Waals surface area contributed by atoms with E-state index < -0.39 is 11.5 Å². The SMILES string of the molecule is COC(=N)C1(C#N)Oc2c(ccc3ccccc23)C1c1ccc(Cl)cc1. The predicted molar refractivity (Wildman–Crippen MR) is 101 cm³/mol. The van der Waals surface area contributed by atoms with Crippen LogP contribution >= 0.6 is 11.6 Å². The van der Waals surface area contributed by atoms with Gasteiger partial charge in [-0.05, 0) is 23.1 Å². The first kappa shape index (κ1) is 16.4. The molecule has 3 aromatic rings. The Morgan fingerprint density at radius 2 is 1.88 bits per heavy atom. The quantitative estimate of drug-likeness (QED) is 0.520.